The molecule has 0 radical (unpaired) electrons. The van der Waals surface area contributed by atoms with Crippen molar-refractivity contribution in [1.82, 2.24) is 0 Å². The number of aliphatic hydroxyl groups is 1. The van der Waals surface area contributed by atoms with Gasteiger partial charge in [0, 0.05) is 5.92 Å². The number of aliphatic hydroxyl groups excluding tert-OH is 1. The Bertz CT molecular complexity index is 737. The molecule has 4 rings (SSSR count). The monoisotopic (exact) mass is 456 g/mol. The van der Waals surface area contributed by atoms with E-state index in [1.54, 1.807) is 5.57 Å². The van der Waals surface area contributed by atoms with E-state index in [4.69, 9.17) is 0 Å². The molecule has 0 aliphatic heterocycles. The van der Waals surface area contributed by atoms with Gasteiger partial charge in [0.25, 0.3) is 0 Å². The summed E-state index contributed by atoms with van der Waals surface area (Å²) in [4.78, 5) is 0. The van der Waals surface area contributed by atoms with E-state index in [-0.39, 0.29) is 6.10 Å². The zero-order valence-electron chi connectivity index (χ0n) is 23.6. The lowest BCUT2D eigenvalue weighted by molar-refractivity contribution is -0.118. The van der Waals surface area contributed by atoms with E-state index in [2.05, 4.69) is 68.4 Å². The van der Waals surface area contributed by atoms with Crippen molar-refractivity contribution in [3.63, 3.8) is 0 Å². The van der Waals surface area contributed by atoms with Gasteiger partial charge < -0.3 is 5.11 Å². The summed E-state index contributed by atoms with van der Waals surface area (Å²) >= 11 is 0. The first-order chi connectivity index (χ1) is 15.4. The van der Waals surface area contributed by atoms with Crippen molar-refractivity contribution in [1.29, 1.82) is 0 Å². The van der Waals surface area contributed by atoms with Gasteiger partial charge in [0.2, 0.25) is 0 Å². The largest absolute Gasteiger partial charge is 0.393 e. The second-order valence-corrected chi connectivity index (χ2v) is 14.4. The van der Waals surface area contributed by atoms with Crippen molar-refractivity contribution in [3.05, 3.63) is 11.6 Å². The minimum atomic E-state index is -0.123. The van der Waals surface area contributed by atoms with Crippen molar-refractivity contribution in [2.75, 3.05) is 0 Å². The molecule has 0 bridgehead atoms. The fourth-order valence-corrected chi connectivity index (χ4v) is 10.9. The smallest absolute Gasteiger partial charge is 0.0603 e. The third-order valence-electron chi connectivity index (χ3n) is 13.0. The number of hydrogen-bond donors (Lipinski definition) is 1. The summed E-state index contributed by atoms with van der Waals surface area (Å²) in [7, 11) is 0. The normalized spacial score (nSPS) is 47.8. The zero-order chi connectivity index (χ0) is 24.3. The Morgan fingerprint density at radius 2 is 1.61 bits per heavy atom. The Balaban J connectivity index is 1.57. The summed E-state index contributed by atoms with van der Waals surface area (Å²) in [5.74, 6) is 6.26. The Morgan fingerprint density at radius 3 is 2.24 bits per heavy atom. The molecule has 0 saturated heterocycles. The Kier molecular flexibility index (Phi) is 7.01. The van der Waals surface area contributed by atoms with E-state index in [0.29, 0.717) is 22.2 Å². The number of fused-ring (bicyclic) bond motifs is 5. The lowest BCUT2D eigenvalue weighted by atomic mass is 9.41. The summed E-state index contributed by atoms with van der Waals surface area (Å²) in [6.45, 7) is 22.7. The molecule has 4 aliphatic carbocycles. The molecule has 0 aromatic carbocycles. The molecular weight excluding hydrogens is 400 g/mol. The van der Waals surface area contributed by atoms with Crippen LogP contribution in [0.3, 0.4) is 0 Å². The number of allylic oxidation sites excluding steroid dienone is 1. The molecule has 3 fully saturated rings. The number of hydrogen-bond acceptors (Lipinski definition) is 1. The summed E-state index contributed by atoms with van der Waals surface area (Å²) in [5.41, 5.74) is 2.92. The second kappa shape index (κ2) is 8.97. The summed E-state index contributed by atoms with van der Waals surface area (Å²) in [5, 5.41) is 10.6. The Labute approximate surface area is 206 Å². The van der Waals surface area contributed by atoms with Gasteiger partial charge in [-0.1, -0.05) is 80.4 Å². The van der Waals surface area contributed by atoms with Crippen LogP contribution in [0.2, 0.25) is 0 Å². The highest BCUT2D eigenvalue weighted by molar-refractivity contribution is 5.28. The molecule has 1 heteroatoms. The van der Waals surface area contributed by atoms with Gasteiger partial charge in [0.1, 0.15) is 0 Å². The molecule has 1 N–H and O–H groups in total. The predicted octanol–water partition coefficient (Wildman–Crippen LogP) is 8.91. The second-order valence-electron chi connectivity index (χ2n) is 14.4. The molecule has 11 atom stereocenters. The van der Waals surface area contributed by atoms with Crippen molar-refractivity contribution in [2.45, 2.75) is 126 Å². The molecule has 1 nitrogen and oxygen atoms in total. The van der Waals surface area contributed by atoms with Crippen LogP contribution in [-0.4, -0.2) is 11.2 Å². The van der Waals surface area contributed by atoms with Crippen molar-refractivity contribution in [2.24, 2.45) is 63.6 Å². The minimum absolute atomic E-state index is 0.123. The van der Waals surface area contributed by atoms with Gasteiger partial charge in [-0.3, -0.25) is 0 Å². The summed E-state index contributed by atoms with van der Waals surface area (Å²) in [6, 6.07) is 0. The van der Waals surface area contributed by atoms with E-state index in [1.165, 1.54) is 51.4 Å². The Morgan fingerprint density at radius 1 is 0.939 bits per heavy atom. The lowest BCUT2D eigenvalue weighted by Gasteiger charge is -2.63. The van der Waals surface area contributed by atoms with Crippen LogP contribution < -0.4 is 0 Å². The molecule has 0 amide bonds. The summed E-state index contributed by atoms with van der Waals surface area (Å²) in [6.07, 6.45) is 14.4. The first-order valence-corrected chi connectivity index (χ1v) is 14.8. The first kappa shape index (κ1) is 25.8. The highest BCUT2D eigenvalue weighted by Gasteiger charge is 2.65. The van der Waals surface area contributed by atoms with E-state index >= 15 is 0 Å². The van der Waals surface area contributed by atoms with Crippen LogP contribution in [0.5, 0.6) is 0 Å². The molecule has 0 spiro atoms. The standard InChI is InChI=1S/C32H56O/c1-10-24(20(2)3)21(4)19-22(5)25-13-17-32(9)28-12-11-26-23(6)29(33)15-16-30(26,7)27(28)14-18-31(25,32)8/h11,20-25,27-29,33H,10,12-19H2,1-9H3/t21-,22+,23-,24-,25+,27-,28+,29-,30-,31+,32-/m0/s1. The molecular formula is C32H56O. The topological polar surface area (TPSA) is 20.2 Å². The number of rotatable bonds is 6. The third kappa shape index (κ3) is 3.81. The molecule has 0 heterocycles. The van der Waals surface area contributed by atoms with Gasteiger partial charge >= 0.3 is 0 Å². The molecule has 190 valence electrons. The van der Waals surface area contributed by atoms with E-state index in [1.807, 2.05) is 0 Å². The third-order valence-corrected chi connectivity index (χ3v) is 13.0. The molecule has 3 saturated carbocycles. The van der Waals surface area contributed by atoms with Crippen molar-refractivity contribution < 1.29 is 5.11 Å². The highest BCUT2D eigenvalue weighted by Crippen LogP contribution is 2.73. The van der Waals surface area contributed by atoms with Crippen LogP contribution in [0.4, 0.5) is 0 Å². The van der Waals surface area contributed by atoms with Gasteiger partial charge in [-0.15, -0.1) is 0 Å². The molecule has 0 aromatic heterocycles. The van der Waals surface area contributed by atoms with Gasteiger partial charge in [-0.2, -0.15) is 0 Å². The van der Waals surface area contributed by atoms with Crippen molar-refractivity contribution in [3.8, 4) is 0 Å². The van der Waals surface area contributed by atoms with Crippen LogP contribution in [0.25, 0.3) is 0 Å². The fourth-order valence-electron chi connectivity index (χ4n) is 10.9. The average Bonchev–Trinajstić information content (AvgIpc) is 3.03. The molecule has 0 aromatic rings. The van der Waals surface area contributed by atoms with E-state index < -0.39 is 0 Å². The maximum absolute atomic E-state index is 10.6. The van der Waals surface area contributed by atoms with Crippen LogP contribution in [0.15, 0.2) is 11.6 Å². The van der Waals surface area contributed by atoms with Gasteiger partial charge in [-0.25, -0.2) is 0 Å². The minimum Gasteiger partial charge on any atom is -0.393 e. The maximum Gasteiger partial charge on any atom is 0.0603 e. The van der Waals surface area contributed by atoms with Crippen LogP contribution in [0.1, 0.15) is 120 Å². The molecule has 0 unspecified atom stereocenters. The maximum atomic E-state index is 10.6. The average molecular weight is 457 g/mol. The highest BCUT2D eigenvalue weighted by atomic mass is 16.3. The first-order valence-electron chi connectivity index (χ1n) is 14.8. The SMILES string of the molecule is CC[C@@H](C(C)C)[C@@H](C)C[C@@H](C)[C@H]1CC[C@@]2(C)[C@@H]3CC=C4[C@H](C)[C@@H](O)CC[C@]4(C)[C@H]3CC[C@]12C. The van der Waals surface area contributed by atoms with E-state index in [0.717, 1.165) is 47.8 Å². The van der Waals surface area contributed by atoms with Crippen molar-refractivity contribution >= 4 is 0 Å². The predicted molar refractivity (Wildman–Crippen MR) is 142 cm³/mol. The van der Waals surface area contributed by atoms with Gasteiger partial charge in [0.15, 0.2) is 0 Å². The van der Waals surface area contributed by atoms with E-state index in [9.17, 15) is 5.11 Å². The zero-order valence-corrected chi connectivity index (χ0v) is 23.6. The fraction of sp³-hybridized carbons (Fsp3) is 0.938. The van der Waals surface area contributed by atoms with Gasteiger partial charge in [0.05, 0.1) is 6.10 Å². The Hall–Kier alpha value is -0.300. The van der Waals surface area contributed by atoms with Crippen LogP contribution in [-0.2, 0) is 0 Å². The summed E-state index contributed by atoms with van der Waals surface area (Å²) < 4.78 is 0. The molecule has 33 heavy (non-hydrogen) atoms. The molecule has 4 aliphatic rings. The van der Waals surface area contributed by atoms with Crippen LogP contribution in [0, 0.1) is 63.6 Å². The van der Waals surface area contributed by atoms with Crippen LogP contribution >= 0.6 is 0 Å². The van der Waals surface area contributed by atoms with Gasteiger partial charge in [-0.05, 0) is 109 Å². The quantitative estimate of drug-likeness (QED) is 0.395. The lowest BCUT2D eigenvalue weighted by Crippen LogP contribution is -2.56.